The Balaban J connectivity index is 3.40. The number of sulfonamides is 1. The van der Waals surface area contributed by atoms with Gasteiger partial charge in [-0.25, -0.2) is 12.8 Å². The SMILES string of the molecule is NNS(=O)(=O)c1cccc(Cl)c1F. The highest BCUT2D eigenvalue weighted by atomic mass is 35.5. The van der Waals surface area contributed by atoms with Crippen molar-refractivity contribution in [1.82, 2.24) is 4.83 Å². The Morgan fingerprint density at radius 1 is 1.46 bits per heavy atom. The molecule has 0 saturated carbocycles. The van der Waals surface area contributed by atoms with Crippen molar-refractivity contribution in [2.75, 3.05) is 0 Å². The Labute approximate surface area is 79.5 Å². The first-order valence-electron chi connectivity index (χ1n) is 3.15. The van der Waals surface area contributed by atoms with Gasteiger partial charge < -0.3 is 0 Å². The fourth-order valence-electron chi connectivity index (χ4n) is 0.755. The maximum absolute atomic E-state index is 13.1. The molecule has 0 aliphatic carbocycles. The first kappa shape index (κ1) is 10.4. The van der Waals surface area contributed by atoms with Gasteiger partial charge in [0.15, 0.2) is 5.82 Å². The van der Waals surface area contributed by atoms with Gasteiger partial charge >= 0.3 is 0 Å². The number of hydrogen-bond donors (Lipinski definition) is 2. The van der Waals surface area contributed by atoms with Crippen LogP contribution in [0.1, 0.15) is 0 Å². The van der Waals surface area contributed by atoms with E-state index in [1.807, 2.05) is 0 Å². The number of benzene rings is 1. The quantitative estimate of drug-likeness (QED) is 0.572. The standard InChI is InChI=1S/C6H6ClFN2O2S/c7-4-2-1-3-5(6(4)8)13(11,12)10-9/h1-3,10H,9H2. The molecule has 0 aliphatic rings. The van der Waals surface area contributed by atoms with E-state index in [-0.39, 0.29) is 5.02 Å². The zero-order chi connectivity index (χ0) is 10.1. The van der Waals surface area contributed by atoms with E-state index in [0.29, 0.717) is 0 Å². The second kappa shape index (κ2) is 3.59. The molecule has 0 unspecified atom stereocenters. The fraction of sp³-hybridized carbons (Fsp3) is 0. The fourth-order valence-corrected chi connectivity index (χ4v) is 1.72. The molecule has 0 fully saturated rings. The predicted molar refractivity (Wildman–Crippen MR) is 45.9 cm³/mol. The second-order valence-electron chi connectivity index (χ2n) is 2.17. The monoisotopic (exact) mass is 224 g/mol. The molecular formula is C6H6ClFN2O2S. The Hall–Kier alpha value is -0.690. The number of nitrogens with one attached hydrogen (secondary N) is 1. The van der Waals surface area contributed by atoms with Crippen LogP contribution in [-0.4, -0.2) is 8.42 Å². The van der Waals surface area contributed by atoms with Crippen LogP contribution < -0.4 is 10.7 Å². The highest BCUT2D eigenvalue weighted by Crippen LogP contribution is 2.20. The third-order valence-corrected chi connectivity index (χ3v) is 2.86. The van der Waals surface area contributed by atoms with Gasteiger partial charge in [-0.2, -0.15) is 0 Å². The molecule has 72 valence electrons. The van der Waals surface area contributed by atoms with Crippen molar-refractivity contribution in [1.29, 1.82) is 0 Å². The van der Waals surface area contributed by atoms with E-state index < -0.39 is 20.7 Å². The number of rotatable bonds is 2. The summed E-state index contributed by atoms with van der Waals surface area (Å²) in [5, 5.41) is -0.267. The highest BCUT2D eigenvalue weighted by Gasteiger charge is 2.18. The number of halogens is 2. The van der Waals surface area contributed by atoms with Crippen LogP contribution >= 0.6 is 11.6 Å². The molecule has 3 N–H and O–H groups in total. The molecule has 0 heterocycles. The van der Waals surface area contributed by atoms with Gasteiger partial charge in [0.2, 0.25) is 0 Å². The molecule has 0 saturated heterocycles. The lowest BCUT2D eigenvalue weighted by molar-refractivity contribution is 0.559. The highest BCUT2D eigenvalue weighted by molar-refractivity contribution is 7.89. The maximum Gasteiger partial charge on any atom is 0.256 e. The van der Waals surface area contributed by atoms with Crippen molar-refractivity contribution in [2.24, 2.45) is 5.84 Å². The van der Waals surface area contributed by atoms with Crippen LogP contribution in [0.4, 0.5) is 4.39 Å². The lowest BCUT2D eigenvalue weighted by Gasteiger charge is -2.03. The first-order chi connectivity index (χ1) is 5.99. The zero-order valence-electron chi connectivity index (χ0n) is 6.29. The Morgan fingerprint density at radius 3 is 2.62 bits per heavy atom. The predicted octanol–water partition coefficient (Wildman–Crippen LogP) is 0.631. The molecule has 0 amide bonds. The summed E-state index contributed by atoms with van der Waals surface area (Å²) in [6.07, 6.45) is 0. The topological polar surface area (TPSA) is 72.2 Å². The molecule has 1 rings (SSSR count). The van der Waals surface area contributed by atoms with Crippen LogP contribution in [0.2, 0.25) is 5.02 Å². The molecule has 0 atom stereocenters. The summed E-state index contributed by atoms with van der Waals surface area (Å²) in [5.74, 6) is 3.70. The normalized spacial score (nSPS) is 11.6. The van der Waals surface area contributed by atoms with Gasteiger partial charge in [-0.05, 0) is 12.1 Å². The molecule has 0 spiro atoms. The molecule has 4 nitrogen and oxygen atoms in total. The first-order valence-corrected chi connectivity index (χ1v) is 5.01. The van der Waals surface area contributed by atoms with Crippen molar-refractivity contribution < 1.29 is 12.8 Å². The number of hydrogen-bond acceptors (Lipinski definition) is 3. The average molecular weight is 225 g/mol. The summed E-state index contributed by atoms with van der Waals surface area (Å²) in [6.45, 7) is 0. The van der Waals surface area contributed by atoms with E-state index in [9.17, 15) is 12.8 Å². The summed E-state index contributed by atoms with van der Waals surface area (Å²) >= 11 is 5.37. The summed E-state index contributed by atoms with van der Waals surface area (Å²) in [5.41, 5.74) is 0. The minimum absolute atomic E-state index is 0.267. The lowest BCUT2D eigenvalue weighted by Crippen LogP contribution is -2.30. The Morgan fingerprint density at radius 2 is 2.08 bits per heavy atom. The zero-order valence-corrected chi connectivity index (χ0v) is 7.86. The van der Waals surface area contributed by atoms with Gasteiger partial charge in [0.05, 0.1) is 5.02 Å². The van der Waals surface area contributed by atoms with Crippen LogP contribution in [-0.2, 0) is 10.0 Å². The van der Waals surface area contributed by atoms with Gasteiger partial charge in [0.1, 0.15) is 4.90 Å². The van der Waals surface area contributed by atoms with Gasteiger partial charge in [0, 0.05) is 0 Å². The molecule has 0 aliphatic heterocycles. The van der Waals surface area contributed by atoms with Gasteiger partial charge in [-0.1, -0.05) is 17.7 Å². The second-order valence-corrected chi connectivity index (χ2v) is 4.26. The lowest BCUT2D eigenvalue weighted by atomic mass is 10.3. The van der Waals surface area contributed by atoms with Crippen molar-refractivity contribution in [2.45, 2.75) is 4.90 Å². The summed E-state index contributed by atoms with van der Waals surface area (Å²) in [6, 6.07) is 3.62. The minimum atomic E-state index is -3.98. The average Bonchev–Trinajstić information content (AvgIpc) is 2.09. The van der Waals surface area contributed by atoms with E-state index in [1.165, 1.54) is 17.0 Å². The van der Waals surface area contributed by atoms with Gasteiger partial charge in [-0.3, -0.25) is 5.84 Å². The van der Waals surface area contributed by atoms with Crippen LogP contribution in [0, 0.1) is 5.82 Å². The molecular weight excluding hydrogens is 219 g/mol. The van der Waals surface area contributed by atoms with Crippen LogP contribution in [0.25, 0.3) is 0 Å². The van der Waals surface area contributed by atoms with Gasteiger partial charge in [0.25, 0.3) is 10.0 Å². The van der Waals surface area contributed by atoms with Crippen molar-refractivity contribution in [3.05, 3.63) is 29.0 Å². The van der Waals surface area contributed by atoms with Gasteiger partial charge in [-0.15, -0.1) is 4.83 Å². The molecule has 13 heavy (non-hydrogen) atoms. The third kappa shape index (κ3) is 1.97. The van der Waals surface area contributed by atoms with Crippen molar-refractivity contribution in [3.63, 3.8) is 0 Å². The van der Waals surface area contributed by atoms with Crippen molar-refractivity contribution >= 4 is 21.6 Å². The van der Waals surface area contributed by atoms with E-state index in [4.69, 9.17) is 17.4 Å². The molecule has 7 heteroatoms. The summed E-state index contributed by atoms with van der Waals surface area (Å²) in [7, 11) is -3.98. The van der Waals surface area contributed by atoms with Crippen molar-refractivity contribution in [3.8, 4) is 0 Å². The Kier molecular flexibility index (Phi) is 2.87. The summed E-state index contributed by atoms with van der Waals surface area (Å²) < 4.78 is 35.2. The molecule has 0 bridgehead atoms. The third-order valence-electron chi connectivity index (χ3n) is 1.36. The maximum atomic E-state index is 13.1. The smallest absolute Gasteiger partial charge is 0.256 e. The van der Waals surface area contributed by atoms with E-state index in [2.05, 4.69) is 0 Å². The molecule has 0 aromatic heterocycles. The van der Waals surface area contributed by atoms with E-state index >= 15 is 0 Å². The van der Waals surface area contributed by atoms with Crippen LogP contribution in [0.3, 0.4) is 0 Å². The van der Waals surface area contributed by atoms with E-state index in [1.54, 1.807) is 0 Å². The molecule has 1 aromatic carbocycles. The Bertz CT molecular complexity index is 421. The van der Waals surface area contributed by atoms with E-state index in [0.717, 1.165) is 6.07 Å². The molecule has 0 radical (unpaired) electrons. The molecule has 1 aromatic rings. The minimum Gasteiger partial charge on any atom is -0.257 e. The largest absolute Gasteiger partial charge is 0.257 e. The summed E-state index contributed by atoms with van der Waals surface area (Å²) in [4.78, 5) is 0.932. The van der Waals surface area contributed by atoms with Crippen LogP contribution in [0.5, 0.6) is 0 Å². The van der Waals surface area contributed by atoms with Crippen LogP contribution in [0.15, 0.2) is 23.1 Å². The number of hydrazine groups is 1. The number of nitrogens with two attached hydrogens (primary N) is 1.